The SMILES string of the molecule is CC1CCN(c2ccc(C#N)cc2Br)C1C(=O)O. The van der Waals surface area contributed by atoms with Gasteiger partial charge >= 0.3 is 5.97 Å². The summed E-state index contributed by atoms with van der Waals surface area (Å²) in [7, 11) is 0. The Kier molecular flexibility index (Phi) is 3.58. The number of anilines is 1. The number of nitrogens with zero attached hydrogens (tertiary/aromatic N) is 2. The molecule has 0 amide bonds. The van der Waals surface area contributed by atoms with Crippen LogP contribution in [0, 0.1) is 17.2 Å². The zero-order chi connectivity index (χ0) is 13.3. The number of carboxylic acids is 1. The van der Waals surface area contributed by atoms with Gasteiger partial charge in [0.15, 0.2) is 0 Å². The van der Waals surface area contributed by atoms with Gasteiger partial charge in [-0.3, -0.25) is 0 Å². The number of nitriles is 1. The molecule has 1 aliphatic heterocycles. The van der Waals surface area contributed by atoms with E-state index in [9.17, 15) is 9.90 Å². The highest BCUT2D eigenvalue weighted by molar-refractivity contribution is 9.10. The Morgan fingerprint density at radius 2 is 2.33 bits per heavy atom. The van der Waals surface area contributed by atoms with E-state index < -0.39 is 12.0 Å². The van der Waals surface area contributed by atoms with Crippen LogP contribution >= 0.6 is 15.9 Å². The zero-order valence-electron chi connectivity index (χ0n) is 9.93. The fourth-order valence-electron chi connectivity index (χ4n) is 2.40. The summed E-state index contributed by atoms with van der Waals surface area (Å²) in [4.78, 5) is 13.2. The standard InChI is InChI=1S/C13H13BrN2O2/c1-8-4-5-16(12(8)13(17)18)11-3-2-9(7-15)6-10(11)14/h2-3,6,8,12H,4-5H2,1H3,(H,17,18). The lowest BCUT2D eigenvalue weighted by molar-refractivity contribution is -0.139. The van der Waals surface area contributed by atoms with Crippen LogP contribution < -0.4 is 4.90 Å². The van der Waals surface area contributed by atoms with Crippen LogP contribution in [0.1, 0.15) is 18.9 Å². The van der Waals surface area contributed by atoms with Crippen molar-refractivity contribution in [3.8, 4) is 6.07 Å². The summed E-state index contributed by atoms with van der Waals surface area (Å²) in [5.41, 5.74) is 1.40. The quantitative estimate of drug-likeness (QED) is 0.912. The van der Waals surface area contributed by atoms with Crippen LogP contribution in [0.4, 0.5) is 5.69 Å². The first-order valence-electron chi connectivity index (χ1n) is 5.73. The van der Waals surface area contributed by atoms with E-state index in [0.29, 0.717) is 5.56 Å². The summed E-state index contributed by atoms with van der Waals surface area (Å²) in [6, 6.07) is 6.80. The third-order valence-electron chi connectivity index (χ3n) is 3.34. The summed E-state index contributed by atoms with van der Waals surface area (Å²) in [6.45, 7) is 2.68. The molecule has 0 saturated carbocycles. The van der Waals surface area contributed by atoms with Crippen LogP contribution in [0.2, 0.25) is 0 Å². The van der Waals surface area contributed by atoms with Crippen LogP contribution in [0.3, 0.4) is 0 Å². The van der Waals surface area contributed by atoms with Gasteiger partial charge in [-0.15, -0.1) is 0 Å². The average Bonchev–Trinajstić information content (AvgIpc) is 2.70. The molecule has 1 saturated heterocycles. The number of rotatable bonds is 2. The highest BCUT2D eigenvalue weighted by atomic mass is 79.9. The Morgan fingerprint density at radius 3 is 2.89 bits per heavy atom. The normalized spacial score (nSPS) is 22.8. The van der Waals surface area contributed by atoms with Crippen LogP contribution in [0.15, 0.2) is 22.7 Å². The monoisotopic (exact) mass is 308 g/mol. The largest absolute Gasteiger partial charge is 0.480 e. The Balaban J connectivity index is 2.37. The number of halogens is 1. The molecule has 94 valence electrons. The van der Waals surface area contributed by atoms with Gasteiger partial charge in [0.1, 0.15) is 6.04 Å². The molecule has 1 heterocycles. The van der Waals surface area contributed by atoms with Gasteiger partial charge in [0.05, 0.1) is 17.3 Å². The number of carbonyl (C=O) groups is 1. The highest BCUT2D eigenvalue weighted by Crippen LogP contribution is 2.35. The Morgan fingerprint density at radius 1 is 1.61 bits per heavy atom. The fourth-order valence-corrected chi connectivity index (χ4v) is 3.01. The van der Waals surface area contributed by atoms with Crippen molar-refractivity contribution >= 4 is 27.6 Å². The van der Waals surface area contributed by atoms with Gasteiger partial charge in [-0.1, -0.05) is 6.92 Å². The Bertz CT molecular complexity index is 524. The molecule has 2 rings (SSSR count). The molecule has 2 atom stereocenters. The molecule has 1 fully saturated rings. The smallest absolute Gasteiger partial charge is 0.326 e. The van der Waals surface area contributed by atoms with Crippen molar-refractivity contribution in [1.82, 2.24) is 0 Å². The van der Waals surface area contributed by atoms with E-state index in [1.807, 2.05) is 11.8 Å². The third kappa shape index (κ3) is 2.21. The van der Waals surface area contributed by atoms with Gasteiger partial charge in [-0.2, -0.15) is 5.26 Å². The minimum absolute atomic E-state index is 0.130. The van der Waals surface area contributed by atoms with Gasteiger partial charge in [-0.25, -0.2) is 4.79 Å². The number of hydrogen-bond donors (Lipinski definition) is 1. The lowest BCUT2D eigenvalue weighted by Crippen LogP contribution is -2.39. The van der Waals surface area contributed by atoms with E-state index >= 15 is 0 Å². The zero-order valence-corrected chi connectivity index (χ0v) is 11.5. The van der Waals surface area contributed by atoms with Crippen LogP contribution in [0.25, 0.3) is 0 Å². The summed E-state index contributed by atoms with van der Waals surface area (Å²) in [5, 5.41) is 18.1. The minimum Gasteiger partial charge on any atom is -0.480 e. The van der Waals surface area contributed by atoms with Crippen molar-refractivity contribution in [2.75, 3.05) is 11.4 Å². The first-order chi connectivity index (χ1) is 8.54. The molecule has 18 heavy (non-hydrogen) atoms. The lowest BCUT2D eigenvalue weighted by Gasteiger charge is -2.26. The van der Waals surface area contributed by atoms with Crippen LogP contribution in [-0.2, 0) is 4.79 Å². The Labute approximate surface area is 114 Å². The first-order valence-corrected chi connectivity index (χ1v) is 6.53. The molecule has 1 N–H and O–H groups in total. The second-order valence-electron chi connectivity index (χ2n) is 4.52. The third-order valence-corrected chi connectivity index (χ3v) is 3.97. The van der Waals surface area contributed by atoms with Crippen molar-refractivity contribution in [2.24, 2.45) is 5.92 Å². The van der Waals surface area contributed by atoms with E-state index in [-0.39, 0.29) is 5.92 Å². The maximum atomic E-state index is 11.3. The first kappa shape index (κ1) is 12.9. The van der Waals surface area contributed by atoms with Crippen molar-refractivity contribution in [3.05, 3.63) is 28.2 Å². The summed E-state index contributed by atoms with van der Waals surface area (Å²) < 4.78 is 0.766. The van der Waals surface area contributed by atoms with Gasteiger partial charge < -0.3 is 10.0 Å². The lowest BCUT2D eigenvalue weighted by atomic mass is 10.0. The summed E-state index contributed by atoms with van der Waals surface area (Å²) in [6.07, 6.45) is 0.864. The van der Waals surface area contributed by atoms with Crippen molar-refractivity contribution < 1.29 is 9.90 Å². The van der Waals surface area contributed by atoms with Gasteiger partial charge in [0.2, 0.25) is 0 Å². The van der Waals surface area contributed by atoms with Gasteiger partial charge in [-0.05, 0) is 46.5 Å². The average molecular weight is 309 g/mol. The summed E-state index contributed by atoms with van der Waals surface area (Å²) >= 11 is 3.41. The van der Waals surface area contributed by atoms with Gasteiger partial charge in [0.25, 0.3) is 0 Å². The summed E-state index contributed by atoms with van der Waals surface area (Å²) in [5.74, 6) is -0.665. The molecule has 0 spiro atoms. The molecule has 0 aromatic heterocycles. The maximum Gasteiger partial charge on any atom is 0.326 e. The van der Waals surface area contributed by atoms with E-state index in [4.69, 9.17) is 5.26 Å². The Hall–Kier alpha value is -1.54. The number of aliphatic carboxylic acids is 1. The molecule has 2 unspecified atom stereocenters. The van der Waals surface area contributed by atoms with Crippen LogP contribution in [-0.4, -0.2) is 23.7 Å². The second kappa shape index (κ2) is 4.99. The van der Waals surface area contributed by atoms with E-state index in [2.05, 4.69) is 22.0 Å². The maximum absolute atomic E-state index is 11.3. The van der Waals surface area contributed by atoms with E-state index in [1.54, 1.807) is 18.2 Å². The fraction of sp³-hybridized carbons (Fsp3) is 0.385. The molecule has 4 nitrogen and oxygen atoms in total. The van der Waals surface area contributed by atoms with Crippen molar-refractivity contribution in [2.45, 2.75) is 19.4 Å². The van der Waals surface area contributed by atoms with Crippen LogP contribution in [0.5, 0.6) is 0 Å². The van der Waals surface area contributed by atoms with Crippen molar-refractivity contribution in [3.63, 3.8) is 0 Å². The van der Waals surface area contributed by atoms with E-state index in [1.165, 1.54) is 0 Å². The topological polar surface area (TPSA) is 64.3 Å². The van der Waals surface area contributed by atoms with E-state index in [0.717, 1.165) is 23.1 Å². The minimum atomic E-state index is -0.795. The molecule has 0 aliphatic carbocycles. The number of carboxylic acid groups (broad SMARTS) is 1. The molecule has 1 aromatic rings. The second-order valence-corrected chi connectivity index (χ2v) is 5.37. The molecular formula is C13H13BrN2O2. The number of hydrogen-bond acceptors (Lipinski definition) is 3. The van der Waals surface area contributed by atoms with Gasteiger partial charge in [0, 0.05) is 11.0 Å². The molecule has 0 bridgehead atoms. The number of benzene rings is 1. The molecule has 1 aliphatic rings. The highest BCUT2D eigenvalue weighted by Gasteiger charge is 2.37. The molecule has 1 aromatic carbocycles. The molecule has 5 heteroatoms. The predicted octanol–water partition coefficient (Wildman–Crippen LogP) is 2.62. The predicted molar refractivity (Wildman–Crippen MR) is 71.4 cm³/mol. The van der Waals surface area contributed by atoms with Crippen molar-refractivity contribution in [1.29, 1.82) is 5.26 Å². The molecule has 0 radical (unpaired) electrons. The molecular weight excluding hydrogens is 296 g/mol.